The lowest BCUT2D eigenvalue weighted by Gasteiger charge is -2.44. The summed E-state index contributed by atoms with van der Waals surface area (Å²) in [6.45, 7) is 1.30. The fourth-order valence-corrected chi connectivity index (χ4v) is 6.48. The van der Waals surface area contributed by atoms with Crippen LogP contribution in [0.2, 0.25) is 0 Å². The molecule has 0 aliphatic carbocycles. The monoisotopic (exact) mass is 657 g/mol. The van der Waals surface area contributed by atoms with Gasteiger partial charge in [-0.15, -0.1) is 0 Å². The first-order valence-electron chi connectivity index (χ1n) is 13.2. The van der Waals surface area contributed by atoms with Crippen LogP contribution in [0.4, 0.5) is 4.79 Å². The van der Waals surface area contributed by atoms with E-state index in [4.69, 9.17) is 16.5 Å². The van der Waals surface area contributed by atoms with Crippen LogP contribution < -0.4 is 11.5 Å². The minimum atomic E-state index is -1.55. The third kappa shape index (κ3) is 6.57. The van der Waals surface area contributed by atoms with Gasteiger partial charge in [0.2, 0.25) is 11.8 Å². The van der Waals surface area contributed by atoms with E-state index in [2.05, 4.69) is 31.9 Å². The van der Waals surface area contributed by atoms with Crippen molar-refractivity contribution in [1.29, 1.82) is 0 Å². The standard InChI is InChI=1S/C29H33Br2N5O3/c30-22-15-20(16-23(31)17-22)18-29(19-24-10-9-21-7-1-2-8-25(21)34-24)26(37)35(13-5-3-11-32)28(39)36(27(29)38)14-6-4-12-33/h1-2,7-10,15-17H,3-6,11-14,18-19,32-33H2. The van der Waals surface area contributed by atoms with Gasteiger partial charge in [-0.05, 0) is 81.1 Å². The average Bonchev–Trinajstić information content (AvgIpc) is 2.91. The summed E-state index contributed by atoms with van der Waals surface area (Å²) in [5.41, 5.74) is 12.0. The molecule has 0 bridgehead atoms. The smallest absolute Gasteiger partial charge is 0.330 e. The molecule has 0 unspecified atom stereocenters. The Bertz CT molecular complexity index is 1310. The van der Waals surface area contributed by atoms with E-state index in [1.807, 2.05) is 54.6 Å². The number of imide groups is 2. The number of barbiturate groups is 1. The fourth-order valence-electron chi connectivity index (χ4n) is 5.09. The normalized spacial score (nSPS) is 15.4. The van der Waals surface area contributed by atoms with Crippen LogP contribution >= 0.6 is 31.9 Å². The third-order valence-electron chi connectivity index (χ3n) is 7.01. The molecule has 0 saturated carbocycles. The van der Waals surface area contributed by atoms with Gasteiger partial charge in [-0.25, -0.2) is 4.79 Å². The molecule has 0 atom stereocenters. The highest BCUT2D eigenvalue weighted by Gasteiger charge is 2.57. The molecular formula is C29H33Br2N5O3. The van der Waals surface area contributed by atoms with Crippen molar-refractivity contribution < 1.29 is 14.4 Å². The van der Waals surface area contributed by atoms with Crippen LogP contribution in [0, 0.1) is 5.41 Å². The molecule has 8 nitrogen and oxygen atoms in total. The molecule has 1 aliphatic heterocycles. The summed E-state index contributed by atoms with van der Waals surface area (Å²) in [5.74, 6) is -0.980. The predicted molar refractivity (Wildman–Crippen MR) is 159 cm³/mol. The number of pyridine rings is 1. The summed E-state index contributed by atoms with van der Waals surface area (Å²) >= 11 is 7.05. The van der Waals surface area contributed by atoms with Gasteiger partial charge in [0.15, 0.2) is 0 Å². The maximum Gasteiger partial charge on any atom is 0.333 e. The van der Waals surface area contributed by atoms with Crippen LogP contribution in [0.5, 0.6) is 0 Å². The van der Waals surface area contributed by atoms with Gasteiger partial charge in [0, 0.05) is 39.5 Å². The lowest BCUT2D eigenvalue weighted by molar-refractivity contribution is -0.159. The highest BCUT2D eigenvalue weighted by molar-refractivity contribution is 9.11. The number of halogens is 2. The van der Waals surface area contributed by atoms with Crippen LogP contribution in [0.25, 0.3) is 10.9 Å². The maximum atomic E-state index is 14.3. The Morgan fingerprint density at radius 2 is 1.33 bits per heavy atom. The maximum absolute atomic E-state index is 14.3. The zero-order chi connectivity index (χ0) is 28.0. The number of para-hydroxylation sites is 1. The van der Waals surface area contributed by atoms with E-state index in [-0.39, 0.29) is 25.9 Å². The Morgan fingerprint density at radius 1 is 0.744 bits per heavy atom. The number of hydrogen-bond donors (Lipinski definition) is 2. The predicted octanol–water partition coefficient (Wildman–Crippen LogP) is 4.80. The Hall–Kier alpha value is -2.66. The molecule has 1 aromatic heterocycles. The first kappa shape index (κ1) is 29.3. The number of carbonyl (C=O) groups excluding carboxylic acids is 3. The average molecular weight is 659 g/mol. The van der Waals surface area contributed by atoms with Crippen molar-refractivity contribution in [2.75, 3.05) is 26.2 Å². The second kappa shape index (κ2) is 13.1. The highest BCUT2D eigenvalue weighted by Crippen LogP contribution is 2.38. The number of hydrogen-bond acceptors (Lipinski definition) is 6. The van der Waals surface area contributed by atoms with E-state index in [1.165, 1.54) is 9.80 Å². The second-order valence-corrected chi connectivity index (χ2v) is 11.7. The summed E-state index contributed by atoms with van der Waals surface area (Å²) in [7, 11) is 0. The molecule has 4 N–H and O–H groups in total. The first-order chi connectivity index (χ1) is 18.8. The van der Waals surface area contributed by atoms with Crippen molar-refractivity contribution in [2.45, 2.75) is 38.5 Å². The SMILES string of the molecule is NCCCCN1C(=O)N(CCCCN)C(=O)C(Cc2cc(Br)cc(Br)c2)(Cc2ccc3ccccc3n2)C1=O. The number of carbonyl (C=O) groups is 3. The summed E-state index contributed by atoms with van der Waals surface area (Å²) in [6, 6.07) is 16.6. The number of benzene rings is 2. The van der Waals surface area contributed by atoms with Gasteiger partial charge in [0.1, 0.15) is 5.41 Å². The van der Waals surface area contributed by atoms with Crippen molar-refractivity contribution >= 4 is 60.6 Å². The zero-order valence-electron chi connectivity index (χ0n) is 21.7. The fraction of sp³-hybridized carbons (Fsp3) is 0.379. The van der Waals surface area contributed by atoms with Crippen LogP contribution in [0.3, 0.4) is 0 Å². The molecule has 1 saturated heterocycles. The number of aromatic nitrogens is 1. The van der Waals surface area contributed by atoms with Gasteiger partial charge < -0.3 is 11.5 Å². The van der Waals surface area contributed by atoms with Gasteiger partial charge in [0.05, 0.1) is 5.52 Å². The van der Waals surface area contributed by atoms with Crippen LogP contribution in [-0.4, -0.2) is 58.8 Å². The number of urea groups is 1. The van der Waals surface area contributed by atoms with Gasteiger partial charge in [-0.2, -0.15) is 0 Å². The van der Waals surface area contributed by atoms with E-state index in [1.54, 1.807) is 0 Å². The lowest BCUT2D eigenvalue weighted by atomic mass is 9.73. The van der Waals surface area contributed by atoms with Crippen molar-refractivity contribution in [3.8, 4) is 0 Å². The van der Waals surface area contributed by atoms with Gasteiger partial charge in [-0.3, -0.25) is 24.4 Å². The third-order valence-corrected chi connectivity index (χ3v) is 7.93. The van der Waals surface area contributed by atoms with Crippen LogP contribution in [0.15, 0.2) is 63.5 Å². The summed E-state index contributed by atoms with van der Waals surface area (Å²) in [4.78, 5) is 49.5. The highest BCUT2D eigenvalue weighted by atomic mass is 79.9. The largest absolute Gasteiger partial charge is 0.333 e. The molecule has 4 amide bonds. The summed E-state index contributed by atoms with van der Waals surface area (Å²) in [5, 5.41) is 0.967. The molecule has 2 heterocycles. The Kier molecular flexibility index (Phi) is 9.87. The second-order valence-electron chi connectivity index (χ2n) is 9.90. The topological polar surface area (TPSA) is 123 Å². The molecule has 206 valence electrons. The van der Waals surface area contributed by atoms with Gasteiger partial charge in [-0.1, -0.05) is 56.1 Å². The van der Waals surface area contributed by atoms with Crippen molar-refractivity contribution in [3.63, 3.8) is 0 Å². The van der Waals surface area contributed by atoms with E-state index in [0.717, 1.165) is 25.4 Å². The van der Waals surface area contributed by atoms with Crippen molar-refractivity contribution in [1.82, 2.24) is 14.8 Å². The van der Waals surface area contributed by atoms with Crippen molar-refractivity contribution in [3.05, 3.63) is 74.8 Å². The molecule has 1 fully saturated rings. The summed E-state index contributed by atoms with van der Waals surface area (Å²) < 4.78 is 1.63. The Morgan fingerprint density at radius 3 is 1.92 bits per heavy atom. The lowest BCUT2D eigenvalue weighted by Crippen LogP contribution is -2.66. The van der Waals surface area contributed by atoms with E-state index < -0.39 is 23.3 Å². The zero-order valence-corrected chi connectivity index (χ0v) is 24.9. The Balaban J connectivity index is 1.83. The molecule has 10 heteroatoms. The Labute approximate surface area is 245 Å². The van der Waals surface area contributed by atoms with E-state index in [0.29, 0.717) is 44.5 Å². The molecule has 4 rings (SSSR count). The molecular weight excluding hydrogens is 626 g/mol. The number of nitrogens with two attached hydrogens (primary N) is 2. The number of unbranched alkanes of at least 4 members (excludes halogenated alkanes) is 2. The van der Waals surface area contributed by atoms with E-state index in [9.17, 15) is 14.4 Å². The summed E-state index contributed by atoms with van der Waals surface area (Å²) in [6.07, 6.45) is 2.63. The van der Waals surface area contributed by atoms with Crippen LogP contribution in [-0.2, 0) is 22.4 Å². The number of rotatable bonds is 12. The molecule has 2 aromatic carbocycles. The molecule has 0 radical (unpaired) electrons. The minimum Gasteiger partial charge on any atom is -0.330 e. The van der Waals surface area contributed by atoms with Crippen LogP contribution in [0.1, 0.15) is 36.9 Å². The minimum absolute atomic E-state index is 0.0632. The molecule has 1 aliphatic rings. The van der Waals surface area contributed by atoms with E-state index >= 15 is 0 Å². The molecule has 39 heavy (non-hydrogen) atoms. The first-order valence-corrected chi connectivity index (χ1v) is 14.8. The molecule has 0 spiro atoms. The number of fused-ring (bicyclic) bond motifs is 1. The quantitative estimate of drug-likeness (QED) is 0.213. The van der Waals surface area contributed by atoms with Gasteiger partial charge in [0.25, 0.3) is 0 Å². The van der Waals surface area contributed by atoms with Crippen molar-refractivity contribution in [2.24, 2.45) is 16.9 Å². The molecule has 3 aromatic rings. The number of nitrogens with zero attached hydrogens (tertiary/aromatic N) is 3. The van der Waals surface area contributed by atoms with Gasteiger partial charge >= 0.3 is 6.03 Å². The number of amides is 4.